The Morgan fingerprint density at radius 1 is 0.964 bits per heavy atom. The van der Waals surface area contributed by atoms with Crippen molar-refractivity contribution in [1.29, 1.82) is 0 Å². The van der Waals surface area contributed by atoms with Crippen LogP contribution in [0.5, 0.6) is 0 Å². The van der Waals surface area contributed by atoms with E-state index in [-0.39, 0.29) is 27.2 Å². The predicted molar refractivity (Wildman–Crippen MR) is 92.7 cm³/mol. The van der Waals surface area contributed by atoms with Gasteiger partial charge < -0.3 is 4.57 Å². The molecule has 0 spiro atoms. The Kier molecular flexibility index (Phi) is 5.07. The number of nitrogens with zero attached hydrogens (tertiary/aromatic N) is 4. The summed E-state index contributed by atoms with van der Waals surface area (Å²) in [6.45, 7) is 3.62. The summed E-state index contributed by atoms with van der Waals surface area (Å²) < 4.78 is 79.3. The second-order valence-corrected chi connectivity index (χ2v) is 7.90. The molecule has 0 N–H and O–H groups in total. The zero-order valence-electron chi connectivity index (χ0n) is 14.9. The van der Waals surface area contributed by atoms with Crippen molar-refractivity contribution >= 4 is 22.8 Å². The van der Waals surface area contributed by atoms with Crippen molar-refractivity contribution in [1.82, 2.24) is 19.5 Å². The molecule has 28 heavy (non-hydrogen) atoms. The monoisotopic (exact) mass is 420 g/mol. The van der Waals surface area contributed by atoms with Gasteiger partial charge >= 0.3 is 12.4 Å². The molecular formula is C17H14F6N4S. The van der Waals surface area contributed by atoms with Gasteiger partial charge in [-0.1, -0.05) is 13.8 Å². The summed E-state index contributed by atoms with van der Waals surface area (Å²) >= 11 is 1.16. The lowest BCUT2D eigenvalue weighted by molar-refractivity contribution is -0.141. The van der Waals surface area contributed by atoms with E-state index < -0.39 is 23.6 Å². The van der Waals surface area contributed by atoms with Crippen LogP contribution in [0, 0.1) is 0 Å². The van der Waals surface area contributed by atoms with E-state index >= 15 is 0 Å². The molecule has 0 radical (unpaired) electrons. The number of hydrogen-bond donors (Lipinski definition) is 0. The molecule has 3 heterocycles. The van der Waals surface area contributed by atoms with Crippen molar-refractivity contribution in [2.75, 3.05) is 0 Å². The Bertz CT molecular complexity index is 1020. The van der Waals surface area contributed by atoms with Crippen LogP contribution in [0.25, 0.3) is 22.6 Å². The van der Waals surface area contributed by atoms with Gasteiger partial charge in [0.1, 0.15) is 11.4 Å². The fourth-order valence-corrected chi connectivity index (χ4v) is 3.53. The zero-order valence-corrected chi connectivity index (χ0v) is 15.7. The number of imidazole rings is 1. The molecule has 0 saturated carbocycles. The second-order valence-electron chi connectivity index (χ2n) is 6.29. The molecule has 3 aromatic heterocycles. The van der Waals surface area contributed by atoms with Crippen LogP contribution in [-0.4, -0.2) is 24.8 Å². The minimum absolute atomic E-state index is 0.0296. The number of hydrogen-bond acceptors (Lipinski definition) is 4. The van der Waals surface area contributed by atoms with Crippen molar-refractivity contribution < 1.29 is 26.3 Å². The molecule has 0 saturated heterocycles. The van der Waals surface area contributed by atoms with Crippen molar-refractivity contribution in [3.05, 3.63) is 35.8 Å². The van der Waals surface area contributed by atoms with Crippen LogP contribution >= 0.6 is 11.8 Å². The van der Waals surface area contributed by atoms with Gasteiger partial charge in [-0.3, -0.25) is 4.98 Å². The fraction of sp³-hybridized carbons (Fsp3) is 0.353. The molecule has 0 unspecified atom stereocenters. The normalized spacial score (nSPS) is 12.9. The number of alkyl halides is 6. The zero-order chi connectivity index (χ0) is 20.9. The largest absolute Gasteiger partial charge is 0.433 e. The highest BCUT2D eigenvalue weighted by Gasteiger charge is 2.34. The number of thioether (sulfide) groups is 1. The average Bonchev–Trinajstić information content (AvgIpc) is 2.89. The van der Waals surface area contributed by atoms with Crippen LogP contribution in [0.1, 0.15) is 25.1 Å². The molecule has 0 aliphatic rings. The molecule has 0 aliphatic carbocycles. The predicted octanol–water partition coefficient (Wildman–Crippen LogP) is 5.57. The van der Waals surface area contributed by atoms with Crippen LogP contribution in [0.4, 0.5) is 26.3 Å². The Morgan fingerprint density at radius 3 is 2.21 bits per heavy atom. The van der Waals surface area contributed by atoms with Gasteiger partial charge in [0, 0.05) is 23.4 Å². The maximum atomic E-state index is 13.1. The van der Waals surface area contributed by atoms with E-state index in [4.69, 9.17) is 0 Å². The number of halogens is 6. The minimum Gasteiger partial charge on any atom is -0.325 e. The topological polar surface area (TPSA) is 43.6 Å². The highest BCUT2D eigenvalue weighted by Crippen LogP contribution is 2.38. The number of aryl methyl sites for hydroxylation is 1. The summed E-state index contributed by atoms with van der Waals surface area (Å²) in [6.07, 6.45) is -7.46. The molecular weight excluding hydrogens is 406 g/mol. The van der Waals surface area contributed by atoms with Gasteiger partial charge in [-0.2, -0.15) is 26.3 Å². The third kappa shape index (κ3) is 3.94. The van der Waals surface area contributed by atoms with E-state index in [1.807, 2.05) is 13.8 Å². The molecule has 3 aromatic rings. The van der Waals surface area contributed by atoms with Crippen LogP contribution in [-0.2, 0) is 19.4 Å². The van der Waals surface area contributed by atoms with E-state index in [2.05, 4.69) is 15.0 Å². The maximum absolute atomic E-state index is 13.1. The first-order chi connectivity index (χ1) is 12.9. The van der Waals surface area contributed by atoms with Crippen molar-refractivity contribution in [3.63, 3.8) is 0 Å². The first kappa shape index (κ1) is 20.4. The summed E-state index contributed by atoms with van der Waals surface area (Å²) in [6, 6.07) is 1.78. The summed E-state index contributed by atoms with van der Waals surface area (Å²) in [4.78, 5) is 11.8. The first-order valence-corrected chi connectivity index (χ1v) is 8.90. The third-order valence-electron chi connectivity index (χ3n) is 3.81. The SMILES string of the molecule is CC(C)Sc1cc(C(F)(F)F)cnc1-c1nc2cc(C(F)(F)F)ncc2n1C. The van der Waals surface area contributed by atoms with Crippen molar-refractivity contribution in [2.45, 2.75) is 36.3 Å². The van der Waals surface area contributed by atoms with Crippen LogP contribution in [0.3, 0.4) is 0 Å². The molecule has 0 atom stereocenters. The third-order valence-corrected chi connectivity index (χ3v) is 4.85. The smallest absolute Gasteiger partial charge is 0.325 e. The van der Waals surface area contributed by atoms with Gasteiger partial charge in [-0.15, -0.1) is 11.8 Å². The minimum atomic E-state index is -4.63. The molecule has 11 heteroatoms. The van der Waals surface area contributed by atoms with Gasteiger partial charge in [0.15, 0.2) is 5.82 Å². The van der Waals surface area contributed by atoms with Crippen LogP contribution < -0.4 is 0 Å². The summed E-state index contributed by atoms with van der Waals surface area (Å²) in [5, 5.41) is -0.0442. The Morgan fingerprint density at radius 2 is 1.64 bits per heavy atom. The quantitative estimate of drug-likeness (QED) is 0.411. The maximum Gasteiger partial charge on any atom is 0.433 e. The molecule has 0 aromatic carbocycles. The van der Waals surface area contributed by atoms with E-state index in [1.165, 1.54) is 4.57 Å². The van der Waals surface area contributed by atoms with Gasteiger partial charge in [-0.25, -0.2) is 9.97 Å². The number of fused-ring (bicyclic) bond motifs is 1. The molecule has 150 valence electrons. The number of rotatable bonds is 3. The standard InChI is InChI=1S/C17H14F6N4S/c1-8(2)28-12-4-9(16(18,19)20)6-25-14(12)15-26-10-5-13(17(21,22)23)24-7-11(10)27(15)3/h4-8H,1-3H3. The lowest BCUT2D eigenvalue weighted by atomic mass is 10.2. The van der Waals surface area contributed by atoms with Gasteiger partial charge in [0.2, 0.25) is 0 Å². The first-order valence-electron chi connectivity index (χ1n) is 8.02. The average molecular weight is 420 g/mol. The molecule has 0 amide bonds. The van der Waals surface area contributed by atoms with Gasteiger partial charge in [-0.05, 0) is 12.1 Å². The van der Waals surface area contributed by atoms with Crippen molar-refractivity contribution in [3.8, 4) is 11.5 Å². The van der Waals surface area contributed by atoms with Crippen LogP contribution in [0.15, 0.2) is 29.4 Å². The van der Waals surface area contributed by atoms with E-state index in [0.717, 1.165) is 30.1 Å². The molecule has 4 nitrogen and oxygen atoms in total. The molecule has 0 fully saturated rings. The lowest BCUT2D eigenvalue weighted by Crippen LogP contribution is -2.08. The van der Waals surface area contributed by atoms with E-state index in [1.54, 1.807) is 7.05 Å². The highest BCUT2D eigenvalue weighted by atomic mass is 32.2. The number of aromatic nitrogens is 4. The Hall–Kier alpha value is -2.30. The highest BCUT2D eigenvalue weighted by molar-refractivity contribution is 8.00. The number of pyridine rings is 2. The second kappa shape index (κ2) is 6.94. The van der Waals surface area contributed by atoms with E-state index in [9.17, 15) is 26.3 Å². The molecule has 0 bridgehead atoms. The summed E-state index contributed by atoms with van der Waals surface area (Å²) in [7, 11) is 1.54. The van der Waals surface area contributed by atoms with Crippen LogP contribution in [0.2, 0.25) is 0 Å². The fourth-order valence-electron chi connectivity index (χ4n) is 2.57. The Labute approximate surface area is 160 Å². The van der Waals surface area contributed by atoms with Crippen molar-refractivity contribution in [2.24, 2.45) is 7.05 Å². The summed E-state index contributed by atoms with van der Waals surface area (Å²) in [5.41, 5.74) is -1.49. The molecule has 0 aliphatic heterocycles. The summed E-state index contributed by atoms with van der Waals surface area (Å²) in [5.74, 6) is 0.160. The van der Waals surface area contributed by atoms with Gasteiger partial charge in [0.25, 0.3) is 0 Å². The lowest BCUT2D eigenvalue weighted by Gasteiger charge is -2.14. The Balaban J connectivity index is 2.19. The van der Waals surface area contributed by atoms with Gasteiger partial charge in [0.05, 0.1) is 22.8 Å². The van der Waals surface area contributed by atoms with E-state index in [0.29, 0.717) is 11.7 Å². The molecule has 3 rings (SSSR count).